The number of hydrogen-bond acceptors (Lipinski definition) is 4. The molecule has 1 saturated heterocycles. The zero-order valence-electron chi connectivity index (χ0n) is 15.6. The van der Waals surface area contributed by atoms with Gasteiger partial charge in [0.25, 0.3) is 5.91 Å². The largest absolute Gasteiger partial charge is 0.345 e. The third-order valence-corrected chi connectivity index (χ3v) is 5.01. The molecule has 1 N–H and O–H groups in total. The monoisotopic (exact) mass is 365 g/mol. The van der Waals surface area contributed by atoms with Gasteiger partial charge in [0.15, 0.2) is 11.5 Å². The van der Waals surface area contributed by atoms with E-state index in [9.17, 15) is 9.59 Å². The Labute approximate surface area is 157 Å². The van der Waals surface area contributed by atoms with Crippen molar-refractivity contribution < 1.29 is 9.59 Å². The summed E-state index contributed by atoms with van der Waals surface area (Å²) in [5, 5.41) is 0. The number of H-pyrrole nitrogens is 1. The molecule has 1 aliphatic rings. The molecule has 140 valence electrons. The van der Waals surface area contributed by atoms with Crippen LogP contribution >= 0.6 is 0 Å². The highest BCUT2D eigenvalue weighted by molar-refractivity contribution is 5.94. The summed E-state index contributed by atoms with van der Waals surface area (Å²) in [6, 6.07) is 1.82. The van der Waals surface area contributed by atoms with Crippen LogP contribution in [0.1, 0.15) is 42.6 Å². The van der Waals surface area contributed by atoms with Gasteiger partial charge in [-0.25, -0.2) is 9.97 Å². The quantitative estimate of drug-likeness (QED) is 0.705. The Morgan fingerprint density at radius 1 is 1.33 bits per heavy atom. The van der Waals surface area contributed by atoms with Crippen molar-refractivity contribution in [1.82, 2.24) is 24.4 Å². The zero-order valence-corrected chi connectivity index (χ0v) is 15.6. The highest BCUT2D eigenvalue weighted by Crippen LogP contribution is 2.24. The van der Waals surface area contributed by atoms with Crippen molar-refractivity contribution in [1.29, 1.82) is 0 Å². The van der Waals surface area contributed by atoms with Gasteiger partial charge in [-0.2, -0.15) is 0 Å². The molecule has 0 spiro atoms. The Balaban J connectivity index is 1.64. The van der Waals surface area contributed by atoms with Crippen LogP contribution < -0.4 is 0 Å². The Morgan fingerprint density at radius 3 is 2.85 bits per heavy atom. The number of amides is 1. The first kappa shape index (κ1) is 17.5. The van der Waals surface area contributed by atoms with Crippen LogP contribution in [0.2, 0.25) is 0 Å². The van der Waals surface area contributed by atoms with E-state index in [1.807, 2.05) is 41.8 Å². The number of hydrogen-bond donors (Lipinski definition) is 1. The average Bonchev–Trinajstić information content (AvgIpc) is 3.42. The van der Waals surface area contributed by atoms with Gasteiger partial charge in [-0.05, 0) is 30.9 Å². The van der Waals surface area contributed by atoms with Gasteiger partial charge in [-0.1, -0.05) is 13.8 Å². The maximum Gasteiger partial charge on any atom is 0.255 e. The van der Waals surface area contributed by atoms with E-state index in [2.05, 4.69) is 9.97 Å². The molecule has 3 aromatic rings. The summed E-state index contributed by atoms with van der Waals surface area (Å²) < 4.78 is 1.82. The van der Waals surface area contributed by atoms with Crippen molar-refractivity contribution in [3.05, 3.63) is 42.0 Å². The van der Waals surface area contributed by atoms with Crippen molar-refractivity contribution in [3.63, 3.8) is 0 Å². The Kier molecular flexibility index (Phi) is 4.30. The van der Waals surface area contributed by atoms with Crippen LogP contribution in [-0.2, 0) is 11.2 Å². The van der Waals surface area contributed by atoms with Crippen LogP contribution in [0.25, 0.3) is 17.0 Å². The molecule has 0 aliphatic carbocycles. The second-order valence-electron chi connectivity index (χ2n) is 7.83. The highest BCUT2D eigenvalue weighted by atomic mass is 16.2. The first-order valence-corrected chi connectivity index (χ1v) is 9.24. The standard InChI is InChI=1S/C20H23N5O2/c1-20(2,13-26)9-15-10-21-18-17(15)23-16(11-22-18)25-8-5-14(12-25)19(27)24-6-3-4-7-24/h5,8,10-13H,3-4,6-7,9H2,1-2H3,(H,21,22). The molecule has 1 fully saturated rings. The summed E-state index contributed by atoms with van der Waals surface area (Å²) in [5.74, 6) is 0.711. The Hall–Kier alpha value is -2.96. The topological polar surface area (TPSA) is 83.9 Å². The molecule has 7 heteroatoms. The van der Waals surface area contributed by atoms with Gasteiger partial charge >= 0.3 is 0 Å². The number of fused-ring (bicyclic) bond motifs is 1. The number of nitrogens with zero attached hydrogens (tertiary/aromatic N) is 4. The smallest absolute Gasteiger partial charge is 0.255 e. The minimum Gasteiger partial charge on any atom is -0.345 e. The molecular weight excluding hydrogens is 342 g/mol. The molecule has 1 amide bonds. The van der Waals surface area contributed by atoms with E-state index in [1.165, 1.54) is 0 Å². The predicted octanol–water partition coefficient (Wildman–Crippen LogP) is 2.75. The average molecular weight is 365 g/mol. The predicted molar refractivity (Wildman–Crippen MR) is 102 cm³/mol. The lowest BCUT2D eigenvalue weighted by atomic mass is 9.88. The van der Waals surface area contributed by atoms with E-state index in [0.717, 1.165) is 43.3 Å². The lowest BCUT2D eigenvalue weighted by Gasteiger charge is -2.15. The summed E-state index contributed by atoms with van der Waals surface area (Å²) in [4.78, 5) is 38.0. The number of carbonyl (C=O) groups excluding carboxylic acids is 2. The van der Waals surface area contributed by atoms with Crippen molar-refractivity contribution in [3.8, 4) is 5.82 Å². The Bertz CT molecular complexity index is 995. The van der Waals surface area contributed by atoms with Gasteiger partial charge in [-0.3, -0.25) is 4.79 Å². The lowest BCUT2D eigenvalue weighted by molar-refractivity contribution is -0.114. The van der Waals surface area contributed by atoms with Crippen molar-refractivity contribution in [2.45, 2.75) is 33.1 Å². The molecule has 4 heterocycles. The highest BCUT2D eigenvalue weighted by Gasteiger charge is 2.22. The minimum atomic E-state index is -0.463. The number of likely N-dealkylation sites (tertiary alicyclic amines) is 1. The summed E-state index contributed by atoms with van der Waals surface area (Å²) in [7, 11) is 0. The summed E-state index contributed by atoms with van der Waals surface area (Å²) in [5.41, 5.74) is 2.60. The van der Waals surface area contributed by atoms with E-state index < -0.39 is 5.41 Å². The third-order valence-electron chi connectivity index (χ3n) is 5.01. The molecule has 0 saturated carbocycles. The molecular formula is C20H23N5O2. The molecule has 27 heavy (non-hydrogen) atoms. The summed E-state index contributed by atoms with van der Waals surface area (Å²) in [6.07, 6.45) is 10.9. The maximum absolute atomic E-state index is 12.5. The van der Waals surface area contributed by atoms with Crippen LogP contribution in [-0.4, -0.2) is 49.7 Å². The fourth-order valence-corrected chi connectivity index (χ4v) is 3.49. The molecule has 0 radical (unpaired) electrons. The second kappa shape index (κ2) is 6.64. The molecule has 1 aliphatic heterocycles. The first-order chi connectivity index (χ1) is 13.0. The normalized spacial score (nSPS) is 14.8. The number of nitrogens with one attached hydrogen (secondary N) is 1. The van der Waals surface area contributed by atoms with Crippen LogP contribution in [0.3, 0.4) is 0 Å². The van der Waals surface area contributed by atoms with Gasteiger partial charge in [0.05, 0.1) is 11.8 Å². The molecule has 0 aromatic carbocycles. The fourth-order valence-electron chi connectivity index (χ4n) is 3.49. The number of carbonyl (C=O) groups is 2. The summed E-state index contributed by atoms with van der Waals surface area (Å²) >= 11 is 0. The van der Waals surface area contributed by atoms with Gasteiger partial charge in [0.2, 0.25) is 0 Å². The van der Waals surface area contributed by atoms with Gasteiger partial charge in [-0.15, -0.1) is 0 Å². The number of rotatable bonds is 5. The van der Waals surface area contributed by atoms with E-state index >= 15 is 0 Å². The van der Waals surface area contributed by atoms with Crippen molar-refractivity contribution in [2.24, 2.45) is 5.41 Å². The van der Waals surface area contributed by atoms with E-state index in [4.69, 9.17) is 4.98 Å². The van der Waals surface area contributed by atoms with E-state index in [1.54, 1.807) is 12.4 Å². The van der Waals surface area contributed by atoms with Crippen LogP contribution in [0.15, 0.2) is 30.9 Å². The summed E-state index contributed by atoms with van der Waals surface area (Å²) in [6.45, 7) is 5.46. The maximum atomic E-state index is 12.5. The molecule has 4 rings (SSSR count). The third kappa shape index (κ3) is 3.37. The number of aromatic nitrogens is 4. The molecule has 0 bridgehead atoms. The fraction of sp³-hybridized carbons (Fsp3) is 0.400. The van der Waals surface area contributed by atoms with Crippen molar-refractivity contribution in [2.75, 3.05) is 13.1 Å². The molecule has 7 nitrogen and oxygen atoms in total. The van der Waals surface area contributed by atoms with Crippen LogP contribution in [0.5, 0.6) is 0 Å². The minimum absolute atomic E-state index is 0.0651. The number of aldehydes is 1. The van der Waals surface area contributed by atoms with Gasteiger partial charge in [0, 0.05) is 37.1 Å². The lowest BCUT2D eigenvalue weighted by Crippen LogP contribution is -2.27. The zero-order chi connectivity index (χ0) is 19.0. The molecule has 0 atom stereocenters. The second-order valence-corrected chi connectivity index (χ2v) is 7.83. The molecule has 3 aromatic heterocycles. The Morgan fingerprint density at radius 2 is 2.11 bits per heavy atom. The van der Waals surface area contributed by atoms with Gasteiger partial charge < -0.3 is 19.2 Å². The van der Waals surface area contributed by atoms with E-state index in [-0.39, 0.29) is 5.91 Å². The van der Waals surface area contributed by atoms with Crippen LogP contribution in [0.4, 0.5) is 0 Å². The van der Waals surface area contributed by atoms with E-state index in [0.29, 0.717) is 23.4 Å². The first-order valence-electron chi connectivity index (χ1n) is 9.24. The van der Waals surface area contributed by atoms with Crippen molar-refractivity contribution >= 4 is 23.4 Å². The van der Waals surface area contributed by atoms with Gasteiger partial charge in [0.1, 0.15) is 11.8 Å². The SMILES string of the molecule is CC(C)(C=O)Cc1c[nH]c2ncc(-n3ccc(C(=O)N4CCCC4)c3)nc12. The molecule has 0 unspecified atom stereocenters. The van der Waals surface area contributed by atoms with Crippen LogP contribution in [0, 0.1) is 5.41 Å². The number of aromatic amines is 1.